The van der Waals surface area contributed by atoms with Gasteiger partial charge in [0, 0.05) is 6.04 Å². The molecule has 0 aromatic carbocycles. The first kappa shape index (κ1) is 11.0. The standard InChI is InChI=1S/C9H17N3O2/c1-5(7-3-4-7)11-6(2)8(13)12-9(10)14/h5-7,11H,3-4H2,1-2H3,(H3,10,12,13,14). The van der Waals surface area contributed by atoms with Crippen LogP contribution in [0.4, 0.5) is 4.79 Å². The van der Waals surface area contributed by atoms with Gasteiger partial charge in [-0.05, 0) is 32.6 Å². The van der Waals surface area contributed by atoms with E-state index in [0.717, 1.165) is 0 Å². The topological polar surface area (TPSA) is 84.2 Å². The van der Waals surface area contributed by atoms with Crippen LogP contribution in [0.3, 0.4) is 0 Å². The van der Waals surface area contributed by atoms with Crippen molar-refractivity contribution in [2.75, 3.05) is 0 Å². The maximum atomic E-state index is 11.3. The molecule has 0 radical (unpaired) electrons. The van der Waals surface area contributed by atoms with Gasteiger partial charge in [0.15, 0.2) is 0 Å². The highest BCUT2D eigenvalue weighted by molar-refractivity contribution is 5.96. The number of imide groups is 1. The molecule has 1 aliphatic rings. The average Bonchev–Trinajstić information content (AvgIpc) is 2.84. The lowest BCUT2D eigenvalue weighted by Crippen LogP contribution is -2.49. The highest BCUT2D eigenvalue weighted by Crippen LogP contribution is 2.32. The molecule has 4 N–H and O–H groups in total. The van der Waals surface area contributed by atoms with Gasteiger partial charge in [-0.1, -0.05) is 0 Å². The molecule has 1 rings (SSSR count). The lowest BCUT2D eigenvalue weighted by atomic mass is 10.2. The second-order valence-electron chi connectivity index (χ2n) is 3.87. The van der Waals surface area contributed by atoms with Crippen LogP contribution in [0.2, 0.25) is 0 Å². The molecule has 0 aliphatic heterocycles. The van der Waals surface area contributed by atoms with Gasteiger partial charge in [-0.15, -0.1) is 0 Å². The van der Waals surface area contributed by atoms with Crippen LogP contribution in [0.15, 0.2) is 0 Å². The Bertz CT molecular complexity index is 238. The van der Waals surface area contributed by atoms with Crippen LogP contribution in [-0.2, 0) is 4.79 Å². The Hall–Kier alpha value is -1.10. The lowest BCUT2D eigenvalue weighted by Gasteiger charge is -2.18. The first-order chi connectivity index (χ1) is 6.50. The molecule has 14 heavy (non-hydrogen) atoms. The Balaban J connectivity index is 2.28. The molecule has 0 saturated heterocycles. The summed E-state index contributed by atoms with van der Waals surface area (Å²) in [7, 11) is 0. The number of carbonyl (C=O) groups is 2. The summed E-state index contributed by atoms with van der Waals surface area (Å²) in [5.41, 5.74) is 4.84. The minimum Gasteiger partial charge on any atom is -0.351 e. The third-order valence-corrected chi connectivity index (χ3v) is 2.48. The second kappa shape index (κ2) is 4.41. The van der Waals surface area contributed by atoms with E-state index in [4.69, 9.17) is 5.73 Å². The second-order valence-corrected chi connectivity index (χ2v) is 3.87. The fourth-order valence-electron chi connectivity index (χ4n) is 1.43. The van der Waals surface area contributed by atoms with E-state index in [-0.39, 0.29) is 11.9 Å². The third kappa shape index (κ3) is 3.33. The number of urea groups is 1. The van der Waals surface area contributed by atoms with Gasteiger partial charge in [0.2, 0.25) is 5.91 Å². The number of nitrogens with one attached hydrogen (secondary N) is 2. The number of primary amides is 1. The molecule has 1 aliphatic carbocycles. The monoisotopic (exact) mass is 199 g/mol. The fraction of sp³-hybridized carbons (Fsp3) is 0.778. The molecule has 0 aromatic heterocycles. The molecule has 2 unspecified atom stereocenters. The SMILES string of the molecule is CC(NC(C)C1CC1)C(=O)NC(N)=O. The maximum Gasteiger partial charge on any atom is 0.318 e. The molecule has 5 nitrogen and oxygen atoms in total. The van der Waals surface area contributed by atoms with Crippen LogP contribution >= 0.6 is 0 Å². The largest absolute Gasteiger partial charge is 0.351 e. The lowest BCUT2D eigenvalue weighted by molar-refractivity contribution is -0.121. The first-order valence-corrected chi connectivity index (χ1v) is 4.87. The van der Waals surface area contributed by atoms with Gasteiger partial charge in [-0.3, -0.25) is 10.1 Å². The summed E-state index contributed by atoms with van der Waals surface area (Å²) in [6.07, 6.45) is 2.44. The Morgan fingerprint density at radius 3 is 2.36 bits per heavy atom. The summed E-state index contributed by atoms with van der Waals surface area (Å²) in [6.45, 7) is 3.77. The molecule has 0 bridgehead atoms. The van der Waals surface area contributed by atoms with Gasteiger partial charge >= 0.3 is 6.03 Å². The normalized spacial score (nSPS) is 19.9. The van der Waals surface area contributed by atoms with Crippen molar-refractivity contribution in [1.29, 1.82) is 0 Å². The van der Waals surface area contributed by atoms with Crippen LogP contribution < -0.4 is 16.4 Å². The summed E-state index contributed by atoms with van der Waals surface area (Å²) < 4.78 is 0. The highest BCUT2D eigenvalue weighted by Gasteiger charge is 2.29. The van der Waals surface area contributed by atoms with Crippen molar-refractivity contribution in [3.63, 3.8) is 0 Å². The van der Waals surface area contributed by atoms with Gasteiger partial charge < -0.3 is 11.1 Å². The molecule has 3 amide bonds. The van der Waals surface area contributed by atoms with Gasteiger partial charge in [-0.25, -0.2) is 4.79 Å². The van der Waals surface area contributed by atoms with E-state index in [2.05, 4.69) is 5.32 Å². The fourth-order valence-corrected chi connectivity index (χ4v) is 1.43. The Labute approximate surface area is 83.4 Å². The quantitative estimate of drug-likeness (QED) is 0.594. The zero-order chi connectivity index (χ0) is 10.7. The van der Waals surface area contributed by atoms with E-state index in [0.29, 0.717) is 12.0 Å². The van der Waals surface area contributed by atoms with E-state index >= 15 is 0 Å². The molecule has 0 heterocycles. The number of hydrogen-bond donors (Lipinski definition) is 3. The average molecular weight is 199 g/mol. The highest BCUT2D eigenvalue weighted by atomic mass is 16.2. The Morgan fingerprint density at radius 1 is 1.36 bits per heavy atom. The van der Waals surface area contributed by atoms with E-state index < -0.39 is 6.03 Å². The van der Waals surface area contributed by atoms with Gasteiger partial charge in [-0.2, -0.15) is 0 Å². The minimum atomic E-state index is -0.803. The molecule has 2 atom stereocenters. The smallest absolute Gasteiger partial charge is 0.318 e. The Morgan fingerprint density at radius 2 is 1.93 bits per heavy atom. The zero-order valence-electron chi connectivity index (χ0n) is 8.54. The van der Waals surface area contributed by atoms with Crippen LogP contribution in [-0.4, -0.2) is 24.0 Å². The van der Waals surface area contributed by atoms with E-state index in [1.807, 2.05) is 12.2 Å². The molecule has 1 fully saturated rings. The summed E-state index contributed by atoms with van der Waals surface area (Å²) in [5.74, 6) is 0.309. The molecule has 0 spiro atoms. The molecule has 5 heteroatoms. The molecule has 80 valence electrons. The summed E-state index contributed by atoms with van der Waals surface area (Å²) in [6, 6.07) is -0.857. The Kier molecular flexibility index (Phi) is 3.46. The van der Waals surface area contributed by atoms with Gasteiger partial charge in [0.05, 0.1) is 6.04 Å². The zero-order valence-corrected chi connectivity index (χ0v) is 8.54. The van der Waals surface area contributed by atoms with Crippen molar-refractivity contribution < 1.29 is 9.59 Å². The molecule has 0 aromatic rings. The van der Waals surface area contributed by atoms with Gasteiger partial charge in [0.25, 0.3) is 0 Å². The summed E-state index contributed by atoms with van der Waals surface area (Å²) in [4.78, 5) is 21.7. The van der Waals surface area contributed by atoms with Crippen molar-refractivity contribution in [3.05, 3.63) is 0 Å². The molecular formula is C9H17N3O2. The summed E-state index contributed by atoms with van der Waals surface area (Å²) in [5, 5.41) is 5.17. The number of nitrogens with two attached hydrogens (primary N) is 1. The van der Waals surface area contributed by atoms with Crippen molar-refractivity contribution >= 4 is 11.9 Å². The van der Waals surface area contributed by atoms with Gasteiger partial charge in [0.1, 0.15) is 0 Å². The van der Waals surface area contributed by atoms with Crippen LogP contribution in [0, 0.1) is 5.92 Å². The minimum absolute atomic E-state index is 0.323. The van der Waals surface area contributed by atoms with Crippen molar-refractivity contribution in [2.45, 2.75) is 38.8 Å². The van der Waals surface area contributed by atoms with E-state index in [1.165, 1.54) is 12.8 Å². The van der Waals surface area contributed by atoms with Crippen LogP contribution in [0.5, 0.6) is 0 Å². The first-order valence-electron chi connectivity index (χ1n) is 4.87. The van der Waals surface area contributed by atoms with Crippen LogP contribution in [0.1, 0.15) is 26.7 Å². The van der Waals surface area contributed by atoms with Crippen molar-refractivity contribution in [1.82, 2.24) is 10.6 Å². The number of hydrogen-bond acceptors (Lipinski definition) is 3. The van der Waals surface area contributed by atoms with E-state index in [9.17, 15) is 9.59 Å². The maximum absolute atomic E-state index is 11.3. The van der Waals surface area contributed by atoms with Crippen LogP contribution in [0.25, 0.3) is 0 Å². The third-order valence-electron chi connectivity index (χ3n) is 2.48. The summed E-state index contributed by atoms with van der Waals surface area (Å²) >= 11 is 0. The predicted molar refractivity (Wildman–Crippen MR) is 52.5 cm³/mol. The number of carbonyl (C=O) groups excluding carboxylic acids is 2. The van der Waals surface area contributed by atoms with Crippen molar-refractivity contribution in [2.24, 2.45) is 11.7 Å². The predicted octanol–water partition coefficient (Wildman–Crippen LogP) is -0.0421. The van der Waals surface area contributed by atoms with E-state index in [1.54, 1.807) is 6.92 Å². The molecule has 1 saturated carbocycles. The molecular weight excluding hydrogens is 182 g/mol. The number of rotatable bonds is 4. The number of amides is 3. The van der Waals surface area contributed by atoms with Crippen molar-refractivity contribution in [3.8, 4) is 0 Å².